The van der Waals surface area contributed by atoms with Gasteiger partial charge in [0.1, 0.15) is 17.1 Å². The van der Waals surface area contributed by atoms with Crippen molar-refractivity contribution in [3.8, 4) is 5.75 Å². The number of H-pyrrole nitrogens is 1. The number of unbranched alkanes of at least 4 members (excludes halogenated alkanes) is 4. The lowest BCUT2D eigenvalue weighted by molar-refractivity contribution is 0.0680. The Kier molecular flexibility index (Phi) is 14.7. The number of likely N-dealkylation sites (tertiary alicyclic amines) is 1. The third-order valence-electron chi connectivity index (χ3n) is 10.8. The van der Waals surface area contributed by atoms with Gasteiger partial charge in [-0.2, -0.15) is 0 Å². The number of aromatic amines is 1. The molecule has 7 aromatic rings. The maximum absolute atomic E-state index is 12.8. The topological polar surface area (TPSA) is 147 Å². The highest BCUT2D eigenvalue weighted by molar-refractivity contribution is 6.30. The summed E-state index contributed by atoms with van der Waals surface area (Å²) in [6.07, 6.45) is 19.9. The highest BCUT2D eigenvalue weighted by Gasteiger charge is 2.24. The molecule has 60 heavy (non-hydrogen) atoms. The van der Waals surface area contributed by atoms with Crippen LogP contribution >= 0.6 is 11.6 Å². The van der Waals surface area contributed by atoms with Gasteiger partial charge in [-0.1, -0.05) is 43.4 Å². The zero-order chi connectivity index (χ0) is 41.5. The van der Waals surface area contributed by atoms with Gasteiger partial charge in [0, 0.05) is 90.2 Å². The van der Waals surface area contributed by atoms with Gasteiger partial charge in [0.2, 0.25) is 0 Å². The summed E-state index contributed by atoms with van der Waals surface area (Å²) < 4.78 is 7.51. The Labute approximate surface area is 354 Å². The zero-order valence-corrected chi connectivity index (χ0v) is 34.4. The molecule has 3 amide bonds. The van der Waals surface area contributed by atoms with Crippen molar-refractivity contribution < 1.29 is 19.1 Å². The second-order valence-corrected chi connectivity index (χ2v) is 15.6. The molecule has 1 aliphatic rings. The summed E-state index contributed by atoms with van der Waals surface area (Å²) in [5, 5.41) is 8.65. The van der Waals surface area contributed by atoms with Gasteiger partial charge >= 0.3 is 0 Å². The highest BCUT2D eigenvalue weighted by atomic mass is 35.5. The Balaban J connectivity index is 0.000000186. The van der Waals surface area contributed by atoms with Crippen molar-refractivity contribution in [2.75, 3.05) is 32.8 Å². The molecule has 0 bridgehead atoms. The minimum atomic E-state index is -0.0508. The van der Waals surface area contributed by atoms with Crippen LogP contribution in [0.25, 0.3) is 27.5 Å². The number of carbonyl (C=O) groups is 3. The normalized spacial score (nSPS) is 12.9. The van der Waals surface area contributed by atoms with Crippen LogP contribution < -0.4 is 15.4 Å². The molecule has 0 spiro atoms. The van der Waals surface area contributed by atoms with Gasteiger partial charge in [-0.05, 0) is 111 Å². The average molecular weight is 827 g/mol. The number of hydrogen-bond donors (Lipinski definition) is 3. The van der Waals surface area contributed by atoms with Gasteiger partial charge in [0.25, 0.3) is 17.7 Å². The fourth-order valence-electron chi connectivity index (χ4n) is 7.42. The maximum atomic E-state index is 12.8. The average Bonchev–Trinajstić information content (AvgIpc) is 3.95. The third kappa shape index (κ3) is 11.7. The van der Waals surface area contributed by atoms with Crippen molar-refractivity contribution in [3.05, 3.63) is 138 Å². The molecule has 6 heterocycles. The molecule has 5 aromatic heterocycles. The van der Waals surface area contributed by atoms with Gasteiger partial charge in [0.05, 0.1) is 17.7 Å². The number of amides is 3. The van der Waals surface area contributed by atoms with Crippen molar-refractivity contribution >= 4 is 56.8 Å². The number of hydrogen-bond acceptors (Lipinski definition) is 7. The lowest BCUT2D eigenvalue weighted by atomic mass is 9.91. The molecule has 2 aromatic carbocycles. The maximum Gasteiger partial charge on any atom is 0.270 e. The van der Waals surface area contributed by atoms with E-state index in [1.165, 1.54) is 0 Å². The molecule has 1 aliphatic heterocycles. The predicted octanol–water partition coefficient (Wildman–Crippen LogP) is 8.92. The monoisotopic (exact) mass is 826 g/mol. The van der Waals surface area contributed by atoms with Crippen LogP contribution in [-0.4, -0.2) is 79.7 Å². The lowest BCUT2D eigenvalue weighted by Crippen LogP contribution is -2.38. The first-order valence-electron chi connectivity index (χ1n) is 20.8. The van der Waals surface area contributed by atoms with Crippen LogP contribution in [0.2, 0.25) is 5.02 Å². The fourth-order valence-corrected chi connectivity index (χ4v) is 7.55. The van der Waals surface area contributed by atoms with E-state index in [9.17, 15) is 14.4 Å². The van der Waals surface area contributed by atoms with E-state index < -0.39 is 0 Å². The van der Waals surface area contributed by atoms with Crippen molar-refractivity contribution in [1.82, 2.24) is 39.9 Å². The number of piperidine rings is 1. The van der Waals surface area contributed by atoms with Gasteiger partial charge < -0.3 is 29.7 Å². The van der Waals surface area contributed by atoms with Gasteiger partial charge in [-0.15, -0.1) is 0 Å². The van der Waals surface area contributed by atoms with Crippen LogP contribution in [0.15, 0.2) is 116 Å². The summed E-state index contributed by atoms with van der Waals surface area (Å²) >= 11 is 5.84. The fraction of sp³-hybridized carbons (Fsp3) is 0.319. The van der Waals surface area contributed by atoms with E-state index in [0.717, 1.165) is 104 Å². The molecule has 0 atom stereocenters. The number of imidazole rings is 1. The number of nitrogens with one attached hydrogen (secondary N) is 3. The number of nitrogens with zero attached hydrogens (tertiary/aromatic N) is 5. The summed E-state index contributed by atoms with van der Waals surface area (Å²) in [5.41, 5.74) is 4.63. The number of halogens is 1. The molecular weight excluding hydrogens is 776 g/mol. The number of ether oxygens (including phenoxy) is 1. The number of benzene rings is 2. The van der Waals surface area contributed by atoms with E-state index in [2.05, 4.69) is 30.6 Å². The van der Waals surface area contributed by atoms with Gasteiger partial charge in [-0.25, -0.2) is 4.98 Å². The molecule has 8 rings (SSSR count). The van der Waals surface area contributed by atoms with Crippen molar-refractivity contribution in [2.45, 2.75) is 57.8 Å². The smallest absolute Gasteiger partial charge is 0.270 e. The van der Waals surface area contributed by atoms with Crippen LogP contribution in [0.3, 0.4) is 0 Å². The number of rotatable bonds is 16. The van der Waals surface area contributed by atoms with Crippen LogP contribution in [0.5, 0.6) is 5.75 Å². The zero-order valence-electron chi connectivity index (χ0n) is 33.7. The summed E-state index contributed by atoms with van der Waals surface area (Å²) in [4.78, 5) is 55.2. The first-order chi connectivity index (χ1) is 29.4. The first kappa shape index (κ1) is 41.9. The summed E-state index contributed by atoms with van der Waals surface area (Å²) in [5.74, 6) is 1.47. The summed E-state index contributed by atoms with van der Waals surface area (Å²) in [6, 6.07) is 24.2. The molecule has 0 aliphatic carbocycles. The minimum Gasteiger partial charge on any atom is -0.494 e. The van der Waals surface area contributed by atoms with Crippen LogP contribution in [0.4, 0.5) is 0 Å². The SMILES string of the molecule is O=C(NCCCCC1CCN(C(=O)c2cc3cnccc3[nH]2)CC1)c1ccc2nccn2c1.O=C(NCCCCCCOc1ccc(Cl)cc1)c1ccc2ncccc2c1. The summed E-state index contributed by atoms with van der Waals surface area (Å²) in [6.45, 7) is 3.64. The van der Waals surface area contributed by atoms with E-state index in [4.69, 9.17) is 16.3 Å². The molecule has 13 heteroatoms. The molecule has 1 saturated heterocycles. The predicted molar refractivity (Wildman–Crippen MR) is 236 cm³/mol. The standard InChI is InChI=1S/C25H28N6O2.C22H23ClN2O2/c32-24(19-4-5-23-27-11-14-31(23)17-19)28-9-2-1-3-18-7-12-30(13-8-18)25(33)22-15-20-16-26-10-6-21(20)29-22;23-19-8-10-20(11-9-19)27-15-4-2-1-3-13-25-22(26)18-7-12-21-17(16-18)6-5-14-24-21/h4-6,10-11,14-18,29H,1-3,7-9,12-13H2,(H,28,32);5-12,14,16H,1-4,13,15H2,(H,25,26). The molecule has 3 N–H and O–H groups in total. The molecule has 0 saturated carbocycles. The number of aromatic nitrogens is 5. The Morgan fingerprint density at radius 1 is 0.767 bits per heavy atom. The molecular formula is C47H51ClN8O4. The Morgan fingerprint density at radius 3 is 2.35 bits per heavy atom. The highest BCUT2D eigenvalue weighted by Crippen LogP contribution is 2.25. The molecule has 1 fully saturated rings. The Bertz CT molecular complexity index is 2460. The van der Waals surface area contributed by atoms with E-state index in [1.54, 1.807) is 37.1 Å². The lowest BCUT2D eigenvalue weighted by Gasteiger charge is -2.31. The number of pyridine rings is 3. The largest absolute Gasteiger partial charge is 0.494 e. The quantitative estimate of drug-likeness (QED) is 0.0825. The van der Waals surface area contributed by atoms with E-state index in [-0.39, 0.29) is 17.7 Å². The van der Waals surface area contributed by atoms with Crippen LogP contribution in [0.1, 0.15) is 89.0 Å². The van der Waals surface area contributed by atoms with Crippen molar-refractivity contribution in [1.29, 1.82) is 0 Å². The summed E-state index contributed by atoms with van der Waals surface area (Å²) in [7, 11) is 0. The Hall–Kier alpha value is -6.27. The number of carbonyl (C=O) groups excluding carboxylic acids is 3. The van der Waals surface area contributed by atoms with Crippen LogP contribution in [0, 0.1) is 5.92 Å². The van der Waals surface area contributed by atoms with E-state index in [1.807, 2.05) is 88.3 Å². The van der Waals surface area contributed by atoms with E-state index in [0.29, 0.717) is 47.5 Å². The van der Waals surface area contributed by atoms with Crippen molar-refractivity contribution in [3.63, 3.8) is 0 Å². The molecule has 310 valence electrons. The van der Waals surface area contributed by atoms with Crippen molar-refractivity contribution in [2.24, 2.45) is 5.92 Å². The van der Waals surface area contributed by atoms with E-state index >= 15 is 0 Å². The minimum absolute atomic E-state index is 0.0353. The first-order valence-corrected chi connectivity index (χ1v) is 21.2. The molecule has 12 nitrogen and oxygen atoms in total. The number of fused-ring (bicyclic) bond motifs is 3. The van der Waals surface area contributed by atoms with Gasteiger partial charge in [-0.3, -0.25) is 24.4 Å². The second kappa shape index (κ2) is 21.1. The van der Waals surface area contributed by atoms with Gasteiger partial charge in [0.15, 0.2) is 0 Å². The Morgan fingerprint density at radius 2 is 1.53 bits per heavy atom. The molecule has 0 unspecified atom stereocenters. The second-order valence-electron chi connectivity index (χ2n) is 15.1. The molecule has 0 radical (unpaired) electrons. The van der Waals surface area contributed by atoms with Crippen LogP contribution in [-0.2, 0) is 0 Å². The third-order valence-corrected chi connectivity index (χ3v) is 11.1.